The zero-order chi connectivity index (χ0) is 21.0. The van der Waals surface area contributed by atoms with E-state index in [0.29, 0.717) is 16.8 Å². The van der Waals surface area contributed by atoms with Gasteiger partial charge in [-0.2, -0.15) is 0 Å². The number of nitrogens with zero attached hydrogens (tertiary/aromatic N) is 2. The first kappa shape index (κ1) is 20.7. The molecule has 0 radical (unpaired) electrons. The molecule has 1 aromatic carbocycles. The van der Waals surface area contributed by atoms with Crippen molar-refractivity contribution in [3.05, 3.63) is 51.9 Å². The smallest absolute Gasteiger partial charge is 0.326 e. The second-order valence-corrected chi connectivity index (χ2v) is 7.65. The normalized spacial score (nSPS) is 12.0. The molecule has 0 unspecified atom stereocenters. The van der Waals surface area contributed by atoms with Crippen LogP contribution in [0.4, 0.5) is 0 Å². The summed E-state index contributed by atoms with van der Waals surface area (Å²) in [7, 11) is 0. The van der Waals surface area contributed by atoms with E-state index in [0.717, 1.165) is 23.1 Å². The third-order valence-electron chi connectivity index (χ3n) is 4.45. The van der Waals surface area contributed by atoms with Crippen LogP contribution < -0.4 is 10.9 Å². The number of aryl methyl sites for hydroxylation is 1. The first-order valence-electron chi connectivity index (χ1n) is 9.41. The summed E-state index contributed by atoms with van der Waals surface area (Å²) in [6.07, 6.45) is 1.20. The summed E-state index contributed by atoms with van der Waals surface area (Å²) in [5, 5.41) is 5.04. The van der Waals surface area contributed by atoms with Gasteiger partial charge in [0.1, 0.15) is 11.4 Å². The van der Waals surface area contributed by atoms with E-state index in [-0.39, 0.29) is 18.0 Å². The Morgan fingerprint density at radius 1 is 1.28 bits per heavy atom. The second-order valence-electron chi connectivity index (χ2n) is 6.80. The second kappa shape index (κ2) is 9.00. The topological polar surface area (TPSA) is 90.3 Å². The lowest BCUT2D eigenvalue weighted by Gasteiger charge is -2.13. The average Bonchev–Trinajstić information content (AvgIpc) is 3.13. The van der Waals surface area contributed by atoms with Gasteiger partial charge in [0.25, 0.3) is 11.5 Å². The Bertz CT molecular complexity index is 1090. The molecule has 3 rings (SSSR count). The molecule has 1 atom stereocenters. The monoisotopic (exact) mass is 413 g/mol. The molecular weight excluding hydrogens is 390 g/mol. The highest BCUT2D eigenvalue weighted by Crippen LogP contribution is 2.30. The van der Waals surface area contributed by atoms with Crippen LogP contribution in [0.25, 0.3) is 21.3 Å². The lowest BCUT2D eigenvalue weighted by Crippen LogP contribution is -2.37. The number of ether oxygens (including phenoxy) is 1. The van der Waals surface area contributed by atoms with Crippen molar-refractivity contribution >= 4 is 33.4 Å². The highest BCUT2D eigenvalue weighted by atomic mass is 32.1. The Labute approximate surface area is 172 Å². The molecule has 29 heavy (non-hydrogen) atoms. The van der Waals surface area contributed by atoms with Gasteiger partial charge in [-0.1, -0.05) is 36.8 Å². The largest absolute Gasteiger partial charge is 0.451 e. The van der Waals surface area contributed by atoms with Crippen molar-refractivity contribution in [1.29, 1.82) is 0 Å². The highest BCUT2D eigenvalue weighted by Gasteiger charge is 2.19. The predicted molar refractivity (Wildman–Crippen MR) is 113 cm³/mol. The number of carbonyl (C=O) groups excluding carboxylic acids is 2. The number of nitrogens with one attached hydrogen (secondary N) is 1. The van der Waals surface area contributed by atoms with Gasteiger partial charge < -0.3 is 10.1 Å². The molecule has 0 aliphatic carbocycles. The Balaban J connectivity index is 1.82. The number of hydrogen-bond acceptors (Lipinski definition) is 6. The van der Waals surface area contributed by atoms with E-state index in [9.17, 15) is 14.4 Å². The highest BCUT2D eigenvalue weighted by molar-refractivity contribution is 7.17. The fourth-order valence-electron chi connectivity index (χ4n) is 2.84. The van der Waals surface area contributed by atoms with Crippen molar-refractivity contribution in [2.75, 3.05) is 6.54 Å². The predicted octanol–water partition coefficient (Wildman–Crippen LogP) is 2.89. The summed E-state index contributed by atoms with van der Waals surface area (Å²) in [6, 6.07) is 7.88. The molecule has 2 heterocycles. The minimum atomic E-state index is -0.925. The number of carbonyl (C=O) groups is 2. The van der Waals surface area contributed by atoms with E-state index < -0.39 is 12.1 Å². The molecule has 0 aliphatic rings. The molecule has 3 aromatic rings. The van der Waals surface area contributed by atoms with Gasteiger partial charge in [-0.05, 0) is 25.8 Å². The van der Waals surface area contributed by atoms with E-state index in [4.69, 9.17) is 4.74 Å². The Morgan fingerprint density at radius 2 is 2.00 bits per heavy atom. The lowest BCUT2D eigenvalue weighted by molar-refractivity contribution is -0.155. The standard InChI is InChI=1S/C21H23N3O4S/c1-4-9-22-19(26)14(3)28-17(25)10-24-12-23-20-18(21(24)27)16(11-29-20)15-7-5-13(2)6-8-15/h5-8,11-12,14H,4,9-10H2,1-3H3,(H,22,26)/t14-/m0/s1. The number of thiophene rings is 1. The average molecular weight is 413 g/mol. The maximum atomic E-state index is 13.0. The number of amides is 1. The Kier molecular flexibility index (Phi) is 6.43. The minimum absolute atomic E-state index is 0.309. The summed E-state index contributed by atoms with van der Waals surface area (Å²) in [5.41, 5.74) is 2.52. The molecular formula is C21H23N3O4S. The van der Waals surface area contributed by atoms with Crippen molar-refractivity contribution in [3.63, 3.8) is 0 Å². The van der Waals surface area contributed by atoms with Crippen LogP contribution in [-0.4, -0.2) is 34.1 Å². The third kappa shape index (κ3) is 4.71. The van der Waals surface area contributed by atoms with Gasteiger partial charge in [-0.3, -0.25) is 19.0 Å². The first-order chi connectivity index (χ1) is 13.9. The van der Waals surface area contributed by atoms with E-state index in [1.165, 1.54) is 29.2 Å². The van der Waals surface area contributed by atoms with Gasteiger partial charge in [-0.15, -0.1) is 11.3 Å². The number of esters is 1. The van der Waals surface area contributed by atoms with Crippen LogP contribution in [0.5, 0.6) is 0 Å². The van der Waals surface area contributed by atoms with Gasteiger partial charge >= 0.3 is 5.97 Å². The molecule has 152 valence electrons. The van der Waals surface area contributed by atoms with E-state index >= 15 is 0 Å². The van der Waals surface area contributed by atoms with Crippen LogP contribution in [-0.2, 0) is 20.9 Å². The molecule has 1 N–H and O–H groups in total. The molecule has 1 amide bonds. The molecule has 0 aliphatic heterocycles. The van der Waals surface area contributed by atoms with Gasteiger partial charge in [0.15, 0.2) is 6.10 Å². The molecule has 0 fully saturated rings. The molecule has 0 spiro atoms. The van der Waals surface area contributed by atoms with Crippen LogP contribution in [0.1, 0.15) is 25.8 Å². The van der Waals surface area contributed by atoms with Gasteiger partial charge in [-0.25, -0.2) is 4.98 Å². The summed E-state index contributed by atoms with van der Waals surface area (Å²) < 4.78 is 6.37. The van der Waals surface area contributed by atoms with Gasteiger partial charge in [0, 0.05) is 17.5 Å². The van der Waals surface area contributed by atoms with E-state index in [1.54, 1.807) is 0 Å². The van der Waals surface area contributed by atoms with Crippen LogP contribution in [0, 0.1) is 6.92 Å². The zero-order valence-electron chi connectivity index (χ0n) is 16.6. The number of hydrogen-bond donors (Lipinski definition) is 1. The number of aromatic nitrogens is 2. The molecule has 0 saturated heterocycles. The number of fused-ring (bicyclic) bond motifs is 1. The summed E-state index contributed by atoms with van der Waals surface area (Å²) in [6.45, 7) is 5.64. The third-order valence-corrected chi connectivity index (χ3v) is 5.34. The van der Waals surface area contributed by atoms with Crippen molar-refractivity contribution < 1.29 is 14.3 Å². The quantitative estimate of drug-likeness (QED) is 0.602. The van der Waals surface area contributed by atoms with Crippen molar-refractivity contribution in [1.82, 2.24) is 14.9 Å². The van der Waals surface area contributed by atoms with Crippen LogP contribution in [0.15, 0.2) is 40.8 Å². The fraction of sp³-hybridized carbons (Fsp3) is 0.333. The molecule has 0 saturated carbocycles. The van der Waals surface area contributed by atoms with E-state index in [2.05, 4.69) is 10.3 Å². The fourth-order valence-corrected chi connectivity index (χ4v) is 3.75. The number of benzene rings is 1. The van der Waals surface area contributed by atoms with Gasteiger partial charge in [0.05, 0.1) is 11.7 Å². The molecule has 0 bridgehead atoms. The SMILES string of the molecule is CCCNC(=O)[C@H](C)OC(=O)Cn1cnc2scc(-c3ccc(C)cc3)c2c1=O. The minimum Gasteiger partial charge on any atom is -0.451 e. The van der Waals surface area contributed by atoms with Crippen molar-refractivity contribution in [2.45, 2.75) is 39.8 Å². The lowest BCUT2D eigenvalue weighted by atomic mass is 10.1. The van der Waals surface area contributed by atoms with Crippen LogP contribution >= 0.6 is 11.3 Å². The number of rotatable bonds is 7. The van der Waals surface area contributed by atoms with Crippen molar-refractivity contribution in [2.24, 2.45) is 0 Å². The summed E-state index contributed by atoms with van der Waals surface area (Å²) >= 11 is 1.38. The first-order valence-corrected chi connectivity index (χ1v) is 10.3. The molecule has 2 aromatic heterocycles. The van der Waals surface area contributed by atoms with Gasteiger partial charge in [0.2, 0.25) is 0 Å². The Hall–Kier alpha value is -3.00. The van der Waals surface area contributed by atoms with Crippen molar-refractivity contribution in [3.8, 4) is 11.1 Å². The van der Waals surface area contributed by atoms with Crippen LogP contribution in [0.2, 0.25) is 0 Å². The van der Waals surface area contributed by atoms with Crippen LogP contribution in [0.3, 0.4) is 0 Å². The summed E-state index contributed by atoms with van der Waals surface area (Å²) in [4.78, 5) is 42.0. The maximum Gasteiger partial charge on any atom is 0.326 e. The Morgan fingerprint density at radius 3 is 2.69 bits per heavy atom. The summed E-state index contributed by atoms with van der Waals surface area (Å²) in [5.74, 6) is -1.03. The molecule has 8 heteroatoms. The molecule has 7 nitrogen and oxygen atoms in total. The zero-order valence-corrected chi connectivity index (χ0v) is 17.4. The maximum absolute atomic E-state index is 13.0. The van der Waals surface area contributed by atoms with E-state index in [1.807, 2.05) is 43.5 Å².